The van der Waals surface area contributed by atoms with Crippen LogP contribution in [0.4, 0.5) is 5.69 Å². The van der Waals surface area contributed by atoms with Crippen molar-refractivity contribution in [2.24, 2.45) is 0 Å². The summed E-state index contributed by atoms with van der Waals surface area (Å²) in [6, 6.07) is 10.8. The first-order valence-corrected chi connectivity index (χ1v) is 7.83. The average molecular weight is 407 g/mol. The summed E-state index contributed by atoms with van der Waals surface area (Å²) < 4.78 is 5.65. The summed E-state index contributed by atoms with van der Waals surface area (Å²) in [4.78, 5) is 16.0. The average Bonchev–Trinajstić information content (AvgIpc) is 2.55. The number of amides is 1. The number of ether oxygens (including phenoxy) is 1. The summed E-state index contributed by atoms with van der Waals surface area (Å²) in [5.74, 6) is 0.531. The molecule has 0 aliphatic carbocycles. The second kappa shape index (κ2) is 12.8. The summed E-state index contributed by atoms with van der Waals surface area (Å²) in [7, 11) is 1.86. The largest absolute Gasteiger partial charge is 0.486 e. The molecule has 1 heterocycles. The molecule has 0 bridgehead atoms. The van der Waals surface area contributed by atoms with E-state index >= 15 is 0 Å². The molecule has 5 nitrogen and oxygen atoms in total. The lowest BCUT2D eigenvalue weighted by Crippen LogP contribution is -2.15. The lowest BCUT2D eigenvalue weighted by Gasteiger charge is -2.10. The molecule has 2 aromatic rings. The van der Waals surface area contributed by atoms with Crippen LogP contribution in [-0.2, 0) is 11.4 Å². The predicted octanol–water partition coefficient (Wildman–Crippen LogP) is 4.10. The number of halogens is 3. The van der Waals surface area contributed by atoms with Gasteiger partial charge in [-0.15, -0.1) is 24.8 Å². The Morgan fingerprint density at radius 1 is 1.24 bits per heavy atom. The van der Waals surface area contributed by atoms with Crippen molar-refractivity contribution in [2.45, 2.75) is 19.4 Å². The monoisotopic (exact) mass is 405 g/mol. The van der Waals surface area contributed by atoms with Gasteiger partial charge < -0.3 is 15.4 Å². The quantitative estimate of drug-likeness (QED) is 0.648. The highest BCUT2D eigenvalue weighted by molar-refractivity contribution is 6.32. The van der Waals surface area contributed by atoms with Crippen LogP contribution in [0.3, 0.4) is 0 Å². The number of hydrogen-bond donors (Lipinski definition) is 2. The lowest BCUT2D eigenvalue weighted by atomic mass is 10.2. The number of pyridine rings is 1. The Kier molecular flexibility index (Phi) is 12.0. The van der Waals surface area contributed by atoms with Crippen LogP contribution >= 0.6 is 36.4 Å². The maximum atomic E-state index is 11.8. The SMILES string of the molecule is CNCCCC(=O)Nc1ccc(OCc2ccccn2)c(Cl)c1.Cl.Cl. The maximum absolute atomic E-state index is 11.8. The van der Waals surface area contributed by atoms with Crippen LogP contribution in [0.2, 0.25) is 5.02 Å². The maximum Gasteiger partial charge on any atom is 0.224 e. The van der Waals surface area contributed by atoms with Gasteiger partial charge >= 0.3 is 0 Å². The van der Waals surface area contributed by atoms with Crippen LogP contribution in [-0.4, -0.2) is 24.5 Å². The molecule has 0 fully saturated rings. The number of carbonyl (C=O) groups is 1. The Balaban J connectivity index is 0.00000288. The molecular formula is C17H22Cl3N3O2. The summed E-state index contributed by atoms with van der Waals surface area (Å²) in [6.45, 7) is 1.16. The highest BCUT2D eigenvalue weighted by Gasteiger charge is 2.07. The van der Waals surface area contributed by atoms with E-state index in [-0.39, 0.29) is 30.7 Å². The van der Waals surface area contributed by atoms with E-state index in [0.717, 1.165) is 18.7 Å². The van der Waals surface area contributed by atoms with Crippen molar-refractivity contribution in [3.63, 3.8) is 0 Å². The molecule has 0 unspecified atom stereocenters. The molecular weight excluding hydrogens is 385 g/mol. The molecule has 2 rings (SSSR count). The first kappa shape index (κ1) is 23.5. The first-order chi connectivity index (χ1) is 11.2. The van der Waals surface area contributed by atoms with E-state index in [9.17, 15) is 4.79 Å². The van der Waals surface area contributed by atoms with Gasteiger partial charge in [0.15, 0.2) is 0 Å². The molecule has 1 amide bonds. The van der Waals surface area contributed by atoms with Crippen molar-refractivity contribution in [1.82, 2.24) is 10.3 Å². The number of aromatic nitrogens is 1. The third-order valence-corrected chi connectivity index (χ3v) is 3.44. The van der Waals surface area contributed by atoms with Crippen molar-refractivity contribution in [1.29, 1.82) is 0 Å². The predicted molar refractivity (Wildman–Crippen MR) is 106 cm³/mol. The van der Waals surface area contributed by atoms with E-state index in [1.165, 1.54) is 0 Å². The highest BCUT2D eigenvalue weighted by Crippen LogP contribution is 2.28. The summed E-state index contributed by atoms with van der Waals surface area (Å²) in [5.41, 5.74) is 1.49. The lowest BCUT2D eigenvalue weighted by molar-refractivity contribution is -0.116. The van der Waals surface area contributed by atoms with Gasteiger partial charge in [0.2, 0.25) is 5.91 Å². The Labute approximate surface area is 165 Å². The van der Waals surface area contributed by atoms with Gasteiger partial charge in [-0.25, -0.2) is 0 Å². The smallest absolute Gasteiger partial charge is 0.224 e. The number of anilines is 1. The third-order valence-electron chi connectivity index (χ3n) is 3.15. The van der Waals surface area contributed by atoms with Crippen LogP contribution in [0.1, 0.15) is 18.5 Å². The van der Waals surface area contributed by atoms with Gasteiger partial charge in [0.25, 0.3) is 0 Å². The van der Waals surface area contributed by atoms with Crippen LogP contribution in [0, 0.1) is 0 Å². The minimum absolute atomic E-state index is 0. The van der Waals surface area contributed by atoms with E-state index in [1.54, 1.807) is 24.4 Å². The van der Waals surface area contributed by atoms with Crippen molar-refractivity contribution in [3.8, 4) is 5.75 Å². The number of rotatable bonds is 8. The molecule has 0 spiro atoms. The molecule has 1 aromatic carbocycles. The Morgan fingerprint density at radius 2 is 2.04 bits per heavy atom. The van der Waals surface area contributed by atoms with E-state index < -0.39 is 0 Å². The first-order valence-electron chi connectivity index (χ1n) is 7.46. The van der Waals surface area contributed by atoms with Crippen LogP contribution in [0.25, 0.3) is 0 Å². The molecule has 8 heteroatoms. The van der Waals surface area contributed by atoms with Crippen molar-refractivity contribution in [3.05, 3.63) is 53.3 Å². The molecule has 2 N–H and O–H groups in total. The van der Waals surface area contributed by atoms with Gasteiger partial charge in [0, 0.05) is 18.3 Å². The molecule has 0 aliphatic rings. The normalized spacial score (nSPS) is 9.52. The minimum atomic E-state index is -0.0292. The van der Waals surface area contributed by atoms with E-state index in [4.69, 9.17) is 16.3 Å². The number of benzene rings is 1. The van der Waals surface area contributed by atoms with Gasteiger partial charge in [-0.2, -0.15) is 0 Å². The molecule has 0 saturated carbocycles. The molecule has 25 heavy (non-hydrogen) atoms. The Morgan fingerprint density at radius 3 is 2.68 bits per heavy atom. The van der Waals surface area contributed by atoms with Crippen LogP contribution in [0.5, 0.6) is 5.75 Å². The Bertz CT molecular complexity index is 642. The highest BCUT2D eigenvalue weighted by atomic mass is 35.5. The number of nitrogens with zero attached hydrogens (tertiary/aromatic N) is 1. The zero-order valence-electron chi connectivity index (χ0n) is 13.8. The van der Waals surface area contributed by atoms with Gasteiger partial charge in [-0.3, -0.25) is 9.78 Å². The fraction of sp³-hybridized carbons (Fsp3) is 0.294. The van der Waals surface area contributed by atoms with Gasteiger partial charge in [0.05, 0.1) is 10.7 Å². The van der Waals surface area contributed by atoms with Crippen molar-refractivity contribution < 1.29 is 9.53 Å². The van der Waals surface area contributed by atoms with Crippen molar-refractivity contribution in [2.75, 3.05) is 18.9 Å². The summed E-state index contributed by atoms with van der Waals surface area (Å²) in [6.07, 6.45) is 2.98. The van der Waals surface area contributed by atoms with Gasteiger partial charge in [-0.1, -0.05) is 17.7 Å². The minimum Gasteiger partial charge on any atom is -0.486 e. The number of carbonyl (C=O) groups excluding carboxylic acids is 1. The van der Waals surface area contributed by atoms with Crippen molar-refractivity contribution >= 4 is 48.0 Å². The summed E-state index contributed by atoms with van der Waals surface area (Å²) in [5, 5.41) is 6.28. The van der Waals surface area contributed by atoms with Gasteiger partial charge in [0.1, 0.15) is 12.4 Å². The number of hydrogen-bond acceptors (Lipinski definition) is 4. The molecule has 0 saturated heterocycles. The molecule has 0 radical (unpaired) electrons. The second-order valence-electron chi connectivity index (χ2n) is 5.01. The molecule has 0 aliphatic heterocycles. The fourth-order valence-corrected chi connectivity index (χ4v) is 2.22. The van der Waals surface area contributed by atoms with E-state index in [1.807, 2.05) is 25.2 Å². The second-order valence-corrected chi connectivity index (χ2v) is 5.42. The van der Waals surface area contributed by atoms with E-state index in [2.05, 4.69) is 15.6 Å². The molecule has 138 valence electrons. The zero-order valence-corrected chi connectivity index (χ0v) is 16.2. The number of nitrogens with one attached hydrogen (secondary N) is 2. The molecule has 1 aromatic heterocycles. The van der Waals surface area contributed by atoms with Gasteiger partial charge in [-0.05, 0) is 50.3 Å². The Hall–Kier alpha value is -1.53. The summed E-state index contributed by atoms with van der Waals surface area (Å²) >= 11 is 6.20. The van der Waals surface area contributed by atoms with Crippen LogP contribution in [0.15, 0.2) is 42.6 Å². The zero-order chi connectivity index (χ0) is 16.5. The topological polar surface area (TPSA) is 63.2 Å². The van der Waals surface area contributed by atoms with Crippen LogP contribution < -0.4 is 15.4 Å². The fourth-order valence-electron chi connectivity index (χ4n) is 1.98. The third kappa shape index (κ3) is 8.40. The standard InChI is InChI=1S/C17H20ClN3O2.2ClH/c1-19-9-4-6-17(22)21-13-7-8-16(15(18)11-13)23-12-14-5-2-3-10-20-14;;/h2-3,5,7-8,10-11,19H,4,6,9,12H2,1H3,(H,21,22);2*1H. The molecule has 0 atom stereocenters. The van der Waals surface area contributed by atoms with E-state index in [0.29, 0.717) is 29.5 Å².